The highest BCUT2D eigenvalue weighted by atomic mass is 35.5. The Morgan fingerprint density at radius 2 is 1.04 bits per heavy atom. The third-order valence-electron chi connectivity index (χ3n) is 2.98. The second-order valence-electron chi connectivity index (χ2n) is 5.14. The number of benzene rings is 2. The van der Waals surface area contributed by atoms with Crippen LogP contribution in [0, 0.1) is 13.8 Å². The molecule has 0 N–H and O–H groups in total. The zero-order chi connectivity index (χ0) is 16.7. The lowest BCUT2D eigenvalue weighted by molar-refractivity contribution is 0.338. The summed E-state index contributed by atoms with van der Waals surface area (Å²) < 4.78 is 17.1. The molecular formula is C18H20Cl2O3. The van der Waals surface area contributed by atoms with Crippen molar-refractivity contribution in [2.45, 2.75) is 13.8 Å². The van der Waals surface area contributed by atoms with Crippen LogP contribution in [0.1, 0.15) is 11.1 Å². The molecule has 2 rings (SSSR count). The monoisotopic (exact) mass is 354 g/mol. The maximum absolute atomic E-state index is 5.96. The summed E-state index contributed by atoms with van der Waals surface area (Å²) in [5.41, 5.74) is 2.11. The lowest BCUT2D eigenvalue weighted by atomic mass is 10.2. The van der Waals surface area contributed by atoms with Gasteiger partial charge in [0.05, 0.1) is 11.8 Å². The molecule has 2 aromatic rings. The highest BCUT2D eigenvalue weighted by Crippen LogP contribution is 2.30. The first-order chi connectivity index (χ1) is 11.1. The maximum atomic E-state index is 5.96. The zero-order valence-corrected chi connectivity index (χ0v) is 14.8. The SMILES string of the molecule is Cc1cc(OCCCl)cc(Oc2cc(C)cc(OCCCl)c2)c1. The van der Waals surface area contributed by atoms with Crippen LogP contribution in [-0.4, -0.2) is 25.0 Å². The fourth-order valence-electron chi connectivity index (χ4n) is 2.16. The lowest BCUT2D eigenvalue weighted by Crippen LogP contribution is -1.99. The van der Waals surface area contributed by atoms with Gasteiger partial charge in [-0.15, -0.1) is 23.2 Å². The third kappa shape index (κ3) is 5.85. The van der Waals surface area contributed by atoms with E-state index in [1.165, 1.54) is 0 Å². The number of hydrogen-bond acceptors (Lipinski definition) is 3. The molecule has 0 atom stereocenters. The van der Waals surface area contributed by atoms with E-state index in [-0.39, 0.29) is 0 Å². The van der Waals surface area contributed by atoms with Crippen molar-refractivity contribution in [1.29, 1.82) is 0 Å². The van der Waals surface area contributed by atoms with Gasteiger partial charge in [-0.25, -0.2) is 0 Å². The average molecular weight is 355 g/mol. The quantitative estimate of drug-likeness (QED) is 0.599. The topological polar surface area (TPSA) is 27.7 Å². The standard InChI is InChI=1S/C18H20Cl2O3/c1-13-7-15(21-5-3-19)11-17(9-13)23-18-10-14(2)8-16(12-18)22-6-4-20/h7-12H,3-6H2,1-2H3. The number of aryl methyl sites for hydroxylation is 2. The van der Waals surface area contributed by atoms with E-state index in [1.807, 2.05) is 50.2 Å². The van der Waals surface area contributed by atoms with E-state index in [1.54, 1.807) is 0 Å². The molecule has 124 valence electrons. The molecule has 23 heavy (non-hydrogen) atoms. The van der Waals surface area contributed by atoms with Crippen molar-refractivity contribution in [2.75, 3.05) is 25.0 Å². The van der Waals surface area contributed by atoms with Gasteiger partial charge in [0.15, 0.2) is 0 Å². The van der Waals surface area contributed by atoms with E-state index in [9.17, 15) is 0 Å². The Kier molecular flexibility index (Phi) is 6.87. The Labute approximate surface area is 147 Å². The van der Waals surface area contributed by atoms with Crippen LogP contribution in [0.25, 0.3) is 0 Å². The molecule has 0 spiro atoms. The van der Waals surface area contributed by atoms with Crippen LogP contribution >= 0.6 is 23.2 Å². The number of alkyl halides is 2. The maximum Gasteiger partial charge on any atom is 0.131 e. The van der Waals surface area contributed by atoms with Gasteiger partial charge in [-0.1, -0.05) is 0 Å². The molecule has 0 bridgehead atoms. The van der Waals surface area contributed by atoms with Gasteiger partial charge in [-0.05, 0) is 49.2 Å². The van der Waals surface area contributed by atoms with Gasteiger partial charge in [0.25, 0.3) is 0 Å². The summed E-state index contributed by atoms with van der Waals surface area (Å²) in [5, 5.41) is 0. The highest BCUT2D eigenvalue weighted by molar-refractivity contribution is 6.18. The molecule has 0 saturated heterocycles. The molecule has 0 unspecified atom stereocenters. The molecule has 0 saturated carbocycles. The van der Waals surface area contributed by atoms with Crippen LogP contribution in [0.4, 0.5) is 0 Å². The summed E-state index contributed by atoms with van der Waals surface area (Å²) in [7, 11) is 0. The first-order valence-electron chi connectivity index (χ1n) is 7.39. The predicted molar refractivity (Wildman–Crippen MR) is 94.9 cm³/mol. The Morgan fingerprint density at radius 1 is 0.652 bits per heavy atom. The van der Waals surface area contributed by atoms with Crippen molar-refractivity contribution in [2.24, 2.45) is 0 Å². The normalized spacial score (nSPS) is 10.4. The number of halogens is 2. The van der Waals surface area contributed by atoms with E-state index in [0.717, 1.165) is 22.6 Å². The molecule has 0 aliphatic heterocycles. The lowest BCUT2D eigenvalue weighted by Gasteiger charge is -2.12. The van der Waals surface area contributed by atoms with Crippen LogP contribution in [0.2, 0.25) is 0 Å². The number of rotatable bonds is 8. The average Bonchev–Trinajstić information content (AvgIpc) is 2.50. The smallest absolute Gasteiger partial charge is 0.131 e. The van der Waals surface area contributed by atoms with Crippen molar-refractivity contribution in [3.63, 3.8) is 0 Å². The van der Waals surface area contributed by atoms with Gasteiger partial charge >= 0.3 is 0 Å². The predicted octanol–water partition coefficient (Wildman–Crippen LogP) is 5.33. The first kappa shape index (κ1) is 17.8. The molecule has 0 aromatic heterocycles. The Bertz CT molecular complexity index is 589. The van der Waals surface area contributed by atoms with Crippen LogP contribution in [0.3, 0.4) is 0 Å². The van der Waals surface area contributed by atoms with Gasteiger partial charge in [-0.3, -0.25) is 0 Å². The van der Waals surface area contributed by atoms with Gasteiger partial charge in [0, 0.05) is 12.1 Å². The summed E-state index contributed by atoms with van der Waals surface area (Å²) in [6.07, 6.45) is 0. The molecule has 0 aliphatic rings. The minimum atomic E-state index is 0.448. The van der Waals surface area contributed by atoms with E-state index in [4.69, 9.17) is 37.4 Å². The van der Waals surface area contributed by atoms with E-state index >= 15 is 0 Å². The Morgan fingerprint density at radius 3 is 1.43 bits per heavy atom. The first-order valence-corrected chi connectivity index (χ1v) is 8.46. The highest BCUT2D eigenvalue weighted by Gasteiger charge is 2.05. The van der Waals surface area contributed by atoms with Crippen molar-refractivity contribution in [3.8, 4) is 23.0 Å². The van der Waals surface area contributed by atoms with E-state index in [2.05, 4.69) is 0 Å². The molecule has 2 aromatic carbocycles. The van der Waals surface area contributed by atoms with Crippen molar-refractivity contribution in [3.05, 3.63) is 47.5 Å². The van der Waals surface area contributed by atoms with E-state index < -0.39 is 0 Å². The molecule has 0 heterocycles. The summed E-state index contributed by atoms with van der Waals surface area (Å²) in [4.78, 5) is 0. The van der Waals surface area contributed by atoms with E-state index in [0.29, 0.717) is 36.5 Å². The fourth-order valence-corrected chi connectivity index (χ4v) is 2.32. The number of hydrogen-bond donors (Lipinski definition) is 0. The van der Waals surface area contributed by atoms with Crippen molar-refractivity contribution < 1.29 is 14.2 Å². The molecule has 0 fully saturated rings. The second kappa shape index (κ2) is 8.90. The molecule has 0 aliphatic carbocycles. The molecule has 0 amide bonds. The van der Waals surface area contributed by atoms with Crippen LogP contribution < -0.4 is 14.2 Å². The van der Waals surface area contributed by atoms with Gasteiger partial charge < -0.3 is 14.2 Å². The third-order valence-corrected chi connectivity index (χ3v) is 3.28. The van der Waals surface area contributed by atoms with Gasteiger partial charge in [-0.2, -0.15) is 0 Å². The Hall–Kier alpha value is -1.58. The van der Waals surface area contributed by atoms with Gasteiger partial charge in [0.2, 0.25) is 0 Å². The van der Waals surface area contributed by atoms with Crippen LogP contribution in [0.5, 0.6) is 23.0 Å². The minimum absolute atomic E-state index is 0.448. The van der Waals surface area contributed by atoms with Crippen molar-refractivity contribution >= 4 is 23.2 Å². The minimum Gasteiger partial charge on any atom is -0.492 e. The van der Waals surface area contributed by atoms with Crippen LogP contribution in [0.15, 0.2) is 36.4 Å². The van der Waals surface area contributed by atoms with Gasteiger partial charge in [0.1, 0.15) is 36.2 Å². The molecule has 0 radical (unpaired) electrons. The van der Waals surface area contributed by atoms with Crippen LogP contribution in [-0.2, 0) is 0 Å². The molecule has 3 nitrogen and oxygen atoms in total. The fraction of sp³-hybridized carbons (Fsp3) is 0.333. The summed E-state index contributed by atoms with van der Waals surface area (Å²) >= 11 is 11.3. The molecule has 5 heteroatoms. The summed E-state index contributed by atoms with van der Waals surface area (Å²) in [6.45, 7) is 4.91. The molecular weight excluding hydrogens is 335 g/mol. The Balaban J connectivity index is 2.17. The van der Waals surface area contributed by atoms with Crippen molar-refractivity contribution in [1.82, 2.24) is 0 Å². The summed E-state index contributed by atoms with van der Waals surface area (Å²) in [5.74, 6) is 3.80. The summed E-state index contributed by atoms with van der Waals surface area (Å²) in [6, 6.07) is 11.5. The zero-order valence-electron chi connectivity index (χ0n) is 13.3. The number of ether oxygens (including phenoxy) is 3. The largest absolute Gasteiger partial charge is 0.492 e. The second-order valence-corrected chi connectivity index (χ2v) is 5.90.